The zero-order valence-electron chi connectivity index (χ0n) is 12.6. The Morgan fingerprint density at radius 1 is 1.35 bits per heavy atom. The molecule has 0 saturated carbocycles. The van der Waals surface area contributed by atoms with Crippen LogP contribution in [0.2, 0.25) is 0 Å². The lowest BCUT2D eigenvalue weighted by molar-refractivity contribution is -0.118. The minimum absolute atomic E-state index is 0.000165. The number of amides is 1. The number of aliphatic hydroxyl groups excluding tert-OH is 1. The van der Waals surface area contributed by atoms with Crippen LogP contribution in [0, 0.1) is 0 Å². The van der Waals surface area contributed by atoms with Crippen molar-refractivity contribution in [3.8, 4) is 5.75 Å². The quantitative estimate of drug-likeness (QED) is 0.798. The average molecular weight is 280 g/mol. The number of hydrogen-bond acceptors (Lipinski definition) is 4. The van der Waals surface area contributed by atoms with E-state index < -0.39 is 5.54 Å². The highest BCUT2D eigenvalue weighted by Crippen LogP contribution is 2.16. The third-order valence-electron chi connectivity index (χ3n) is 3.25. The van der Waals surface area contributed by atoms with E-state index in [0.717, 1.165) is 11.4 Å². The van der Waals surface area contributed by atoms with Crippen molar-refractivity contribution < 1.29 is 14.6 Å². The van der Waals surface area contributed by atoms with Gasteiger partial charge in [0.05, 0.1) is 19.8 Å². The maximum atomic E-state index is 11.9. The summed E-state index contributed by atoms with van der Waals surface area (Å²) < 4.78 is 5.34. The molecule has 2 N–H and O–H groups in total. The lowest BCUT2D eigenvalue weighted by atomic mass is 10.1. The summed E-state index contributed by atoms with van der Waals surface area (Å²) in [5, 5.41) is 12.1. The van der Waals surface area contributed by atoms with Gasteiger partial charge in [-0.25, -0.2) is 0 Å². The molecular formula is C15H24N2O3. The number of nitrogens with zero attached hydrogens (tertiary/aromatic N) is 1. The molecular weight excluding hydrogens is 256 g/mol. The fraction of sp³-hybridized carbons (Fsp3) is 0.533. The molecule has 0 unspecified atom stereocenters. The first-order valence-electron chi connectivity index (χ1n) is 6.74. The van der Waals surface area contributed by atoms with Crippen LogP contribution in [0.5, 0.6) is 5.75 Å². The summed E-state index contributed by atoms with van der Waals surface area (Å²) in [6.45, 7) is 6.54. The molecule has 5 heteroatoms. The molecule has 112 valence electrons. The number of carbonyl (C=O) groups excluding carboxylic acids is 1. The van der Waals surface area contributed by atoms with Gasteiger partial charge in [0.1, 0.15) is 5.75 Å². The Balaban J connectivity index is 2.54. The second kappa shape index (κ2) is 7.26. The van der Waals surface area contributed by atoms with Gasteiger partial charge < -0.3 is 15.2 Å². The van der Waals surface area contributed by atoms with Gasteiger partial charge in [-0.15, -0.1) is 0 Å². The molecule has 0 bridgehead atoms. The monoisotopic (exact) mass is 280 g/mol. The van der Waals surface area contributed by atoms with Gasteiger partial charge >= 0.3 is 0 Å². The lowest BCUT2D eigenvalue weighted by Crippen LogP contribution is -2.47. The van der Waals surface area contributed by atoms with Crippen molar-refractivity contribution in [2.45, 2.75) is 26.3 Å². The maximum absolute atomic E-state index is 11.9. The second-order valence-electron chi connectivity index (χ2n) is 5.33. The van der Waals surface area contributed by atoms with E-state index in [9.17, 15) is 9.90 Å². The highest BCUT2D eigenvalue weighted by atomic mass is 16.5. The predicted octanol–water partition coefficient (Wildman–Crippen LogP) is 1.73. The summed E-state index contributed by atoms with van der Waals surface area (Å²) in [5.74, 6) is 0.669. The number of aliphatic hydroxyl groups is 1. The molecule has 0 spiro atoms. The molecule has 0 fully saturated rings. The summed E-state index contributed by atoms with van der Waals surface area (Å²) in [6, 6.07) is 7.25. The first kappa shape index (κ1) is 16.5. The Hall–Kier alpha value is -1.59. The van der Waals surface area contributed by atoms with Crippen LogP contribution in [-0.4, -0.2) is 48.3 Å². The lowest BCUT2D eigenvalue weighted by Gasteiger charge is -2.33. The zero-order valence-corrected chi connectivity index (χ0v) is 12.6. The molecule has 0 heterocycles. The number of benzene rings is 1. The van der Waals surface area contributed by atoms with Gasteiger partial charge in [0.2, 0.25) is 5.91 Å². The summed E-state index contributed by atoms with van der Waals surface area (Å²) in [6.07, 6.45) is 0. The van der Waals surface area contributed by atoms with Gasteiger partial charge in [-0.2, -0.15) is 0 Å². The Morgan fingerprint density at radius 3 is 2.45 bits per heavy atom. The topological polar surface area (TPSA) is 61.8 Å². The Kier molecular flexibility index (Phi) is 5.98. The molecule has 1 amide bonds. The molecule has 20 heavy (non-hydrogen) atoms. The number of rotatable bonds is 7. The Labute approximate surface area is 120 Å². The fourth-order valence-corrected chi connectivity index (χ4v) is 1.55. The molecule has 0 aromatic heterocycles. The highest BCUT2D eigenvalue weighted by Gasteiger charge is 2.24. The van der Waals surface area contributed by atoms with Gasteiger partial charge in [0, 0.05) is 11.2 Å². The van der Waals surface area contributed by atoms with Gasteiger partial charge in [-0.05, 0) is 52.1 Å². The molecule has 0 aliphatic heterocycles. The highest BCUT2D eigenvalue weighted by molar-refractivity contribution is 5.92. The third-order valence-corrected chi connectivity index (χ3v) is 3.25. The number of nitrogens with one attached hydrogen (secondary N) is 1. The van der Waals surface area contributed by atoms with Crippen LogP contribution < -0.4 is 10.1 Å². The average Bonchev–Trinajstić information content (AvgIpc) is 2.41. The molecule has 0 atom stereocenters. The van der Waals surface area contributed by atoms with Gasteiger partial charge in [0.25, 0.3) is 0 Å². The molecule has 0 aliphatic carbocycles. The van der Waals surface area contributed by atoms with Crippen molar-refractivity contribution in [2.24, 2.45) is 0 Å². The zero-order chi connectivity index (χ0) is 15.2. The molecule has 1 aromatic rings. The first-order chi connectivity index (χ1) is 9.39. The summed E-state index contributed by atoms with van der Waals surface area (Å²) >= 11 is 0. The number of carbonyl (C=O) groups is 1. The van der Waals surface area contributed by atoms with Crippen LogP contribution in [0.15, 0.2) is 24.3 Å². The minimum Gasteiger partial charge on any atom is -0.494 e. The van der Waals surface area contributed by atoms with Crippen molar-refractivity contribution in [3.63, 3.8) is 0 Å². The molecule has 0 saturated heterocycles. The van der Waals surface area contributed by atoms with E-state index in [1.807, 2.05) is 44.9 Å². The van der Waals surface area contributed by atoms with Crippen LogP contribution in [-0.2, 0) is 4.79 Å². The summed E-state index contributed by atoms with van der Waals surface area (Å²) in [5.41, 5.74) is 0.310. The van der Waals surface area contributed by atoms with E-state index in [0.29, 0.717) is 6.61 Å². The SMILES string of the molecule is CCOc1ccc(NC(=O)CN(C)C(C)(C)CO)cc1. The first-order valence-corrected chi connectivity index (χ1v) is 6.74. The van der Waals surface area contributed by atoms with Crippen LogP contribution in [0.1, 0.15) is 20.8 Å². The van der Waals surface area contributed by atoms with Gasteiger partial charge in [-0.3, -0.25) is 9.69 Å². The minimum atomic E-state index is -0.420. The number of anilines is 1. The molecule has 1 rings (SSSR count). The third kappa shape index (κ3) is 4.83. The van der Waals surface area contributed by atoms with Crippen LogP contribution >= 0.6 is 0 Å². The van der Waals surface area contributed by atoms with Gasteiger partial charge in [0.15, 0.2) is 0 Å². The van der Waals surface area contributed by atoms with E-state index in [1.54, 1.807) is 12.1 Å². The standard InChI is InChI=1S/C15H24N2O3/c1-5-20-13-8-6-12(7-9-13)16-14(19)10-17(4)15(2,3)11-18/h6-9,18H,5,10-11H2,1-4H3,(H,16,19). The molecule has 1 aromatic carbocycles. The Morgan fingerprint density at radius 2 is 1.95 bits per heavy atom. The normalized spacial score (nSPS) is 11.5. The van der Waals surface area contributed by atoms with E-state index >= 15 is 0 Å². The number of hydrogen-bond donors (Lipinski definition) is 2. The van der Waals surface area contributed by atoms with Crippen molar-refractivity contribution in [1.29, 1.82) is 0 Å². The van der Waals surface area contributed by atoms with Gasteiger partial charge in [-0.1, -0.05) is 0 Å². The number of likely N-dealkylation sites (N-methyl/N-ethyl adjacent to an activating group) is 1. The van der Waals surface area contributed by atoms with Crippen molar-refractivity contribution >= 4 is 11.6 Å². The second-order valence-corrected chi connectivity index (χ2v) is 5.33. The van der Waals surface area contributed by atoms with E-state index in [2.05, 4.69) is 5.32 Å². The Bertz CT molecular complexity index is 429. The molecule has 5 nitrogen and oxygen atoms in total. The van der Waals surface area contributed by atoms with Crippen molar-refractivity contribution in [3.05, 3.63) is 24.3 Å². The van der Waals surface area contributed by atoms with E-state index in [-0.39, 0.29) is 19.1 Å². The molecule has 0 radical (unpaired) electrons. The van der Waals surface area contributed by atoms with Crippen LogP contribution in [0.25, 0.3) is 0 Å². The summed E-state index contributed by atoms with van der Waals surface area (Å²) in [7, 11) is 1.81. The molecule has 0 aliphatic rings. The number of ether oxygens (including phenoxy) is 1. The van der Waals surface area contributed by atoms with Crippen LogP contribution in [0.4, 0.5) is 5.69 Å². The largest absolute Gasteiger partial charge is 0.494 e. The van der Waals surface area contributed by atoms with Crippen molar-refractivity contribution in [1.82, 2.24) is 4.90 Å². The van der Waals surface area contributed by atoms with Crippen molar-refractivity contribution in [2.75, 3.05) is 32.1 Å². The predicted molar refractivity (Wildman–Crippen MR) is 80.0 cm³/mol. The fourth-order valence-electron chi connectivity index (χ4n) is 1.55. The van der Waals surface area contributed by atoms with E-state index in [4.69, 9.17) is 4.74 Å². The summed E-state index contributed by atoms with van der Waals surface area (Å²) in [4.78, 5) is 13.7. The smallest absolute Gasteiger partial charge is 0.238 e. The van der Waals surface area contributed by atoms with Crippen LogP contribution in [0.3, 0.4) is 0 Å². The van der Waals surface area contributed by atoms with E-state index in [1.165, 1.54) is 0 Å². The maximum Gasteiger partial charge on any atom is 0.238 e.